The van der Waals surface area contributed by atoms with Gasteiger partial charge in [0.2, 0.25) is 0 Å². The molecule has 0 aliphatic heterocycles. The number of hydrogen-bond donors (Lipinski definition) is 2. The summed E-state index contributed by atoms with van der Waals surface area (Å²) in [5, 5.41) is 0. The summed E-state index contributed by atoms with van der Waals surface area (Å²) in [6.45, 7) is 0. The molecule has 0 aliphatic carbocycles. The molecule has 40 valence electrons. The van der Waals surface area contributed by atoms with Gasteiger partial charge in [0.25, 0.3) is 0 Å². The van der Waals surface area contributed by atoms with Crippen LogP contribution in [0.15, 0.2) is 0 Å². The Labute approximate surface area is 43.9 Å². The fourth-order valence-corrected chi connectivity index (χ4v) is 0. The topological polar surface area (TPSA) is 70.0 Å². The summed E-state index contributed by atoms with van der Waals surface area (Å²) in [5.74, 6) is 0. The van der Waals surface area contributed by atoms with Crippen molar-refractivity contribution in [2.45, 2.75) is 7.43 Å². The van der Waals surface area contributed by atoms with Crippen molar-refractivity contribution in [1.29, 1.82) is 0 Å². The Morgan fingerprint density at radius 1 is 1.33 bits per heavy atom. The third kappa shape index (κ3) is 299. The molecule has 1 atom stereocenters. The molecule has 0 saturated carbocycles. The van der Waals surface area contributed by atoms with Gasteiger partial charge in [0.1, 0.15) is 0 Å². The van der Waals surface area contributed by atoms with Gasteiger partial charge in [-0.25, -0.2) is 0 Å². The van der Waals surface area contributed by atoms with Gasteiger partial charge in [-0.2, -0.15) is 0 Å². The van der Waals surface area contributed by atoms with Crippen molar-refractivity contribution in [3.63, 3.8) is 0 Å². The molecule has 0 heterocycles. The zero-order valence-electron chi connectivity index (χ0n) is 3.28. The first kappa shape index (κ1) is 32.3. The Bertz CT molecular complexity index is 11.5. The Morgan fingerprint density at radius 3 is 1.33 bits per heavy atom. The van der Waals surface area contributed by atoms with Crippen LogP contribution in [0.5, 0.6) is 0 Å². The van der Waals surface area contributed by atoms with E-state index in [1.807, 2.05) is 0 Å². The van der Waals surface area contributed by atoms with E-state index in [2.05, 4.69) is 9.24 Å². The minimum atomic E-state index is 0. The third-order valence-electron chi connectivity index (χ3n) is 0. The molecule has 2 radical (unpaired) electrons. The van der Waals surface area contributed by atoms with Crippen molar-refractivity contribution in [3.05, 3.63) is 0 Å². The molecule has 1 unspecified atom stereocenters. The van der Waals surface area contributed by atoms with E-state index in [9.17, 15) is 0 Å². The lowest BCUT2D eigenvalue weighted by molar-refractivity contribution is 2.13. The van der Waals surface area contributed by atoms with Crippen molar-refractivity contribution in [2.75, 3.05) is 6.06 Å². The molecule has 0 bridgehead atoms. The summed E-state index contributed by atoms with van der Waals surface area (Å²) in [5.41, 5.74) is 0. The highest BCUT2D eigenvalue weighted by Gasteiger charge is 1.36. The van der Waals surface area contributed by atoms with E-state index < -0.39 is 0 Å². The lowest BCUT2D eigenvalue weighted by atomic mass is 10.2. The van der Waals surface area contributed by atoms with Crippen molar-refractivity contribution >= 4 is 17.1 Å². The average Bonchev–Trinajstić information content (AvgIpc) is 0.918. The maximum Gasteiger partial charge on any atom is 0.0709 e. The van der Waals surface area contributed by atoms with Crippen LogP contribution in [0.2, 0.25) is 0 Å². The van der Waals surface area contributed by atoms with Gasteiger partial charge in [0.05, 0.1) is 7.85 Å². The highest BCUT2D eigenvalue weighted by atomic mass is 31.0. The Hall–Kier alpha value is 0.415. The van der Waals surface area contributed by atoms with Gasteiger partial charge in [-0.3, -0.25) is 0 Å². The van der Waals surface area contributed by atoms with Crippen LogP contribution in [0, 0.1) is 0 Å². The van der Waals surface area contributed by atoms with Gasteiger partial charge in [-0.05, 0) is 0 Å². The largest absolute Gasteiger partial charge is 0.344 e. The molecular formula is C2H14BN2P. The first-order chi connectivity index (χ1) is 1.41. The maximum atomic E-state index is 4.81. The van der Waals surface area contributed by atoms with Gasteiger partial charge in [0, 0.05) is 0 Å². The Kier molecular flexibility index (Phi) is 283. The number of rotatable bonds is 0. The van der Waals surface area contributed by atoms with E-state index >= 15 is 0 Å². The molecule has 0 aliphatic rings. The van der Waals surface area contributed by atoms with Gasteiger partial charge < -0.3 is 12.3 Å². The molecule has 6 heavy (non-hydrogen) atoms. The van der Waals surface area contributed by atoms with Crippen molar-refractivity contribution in [2.24, 2.45) is 0 Å². The van der Waals surface area contributed by atoms with E-state index in [1.165, 1.54) is 0 Å². The summed E-state index contributed by atoms with van der Waals surface area (Å²) in [6, 6.07) is 0.667. The van der Waals surface area contributed by atoms with Crippen LogP contribution in [0.3, 0.4) is 0 Å². The summed E-state index contributed by atoms with van der Waals surface area (Å²) in [7, 11) is 7.17. The van der Waals surface area contributed by atoms with Gasteiger partial charge in [0.15, 0.2) is 0 Å². The summed E-state index contributed by atoms with van der Waals surface area (Å²) in [6.07, 6.45) is 0. The normalized spacial score (nSPS) is 2.83. The first-order valence-electron chi connectivity index (χ1n) is 0.816. The fraction of sp³-hybridized carbons (Fsp3) is 1.00. The highest BCUT2D eigenvalue weighted by molar-refractivity contribution is 7.19. The van der Waals surface area contributed by atoms with E-state index in [0.717, 1.165) is 0 Å². The second-order valence-electron chi connectivity index (χ2n) is 0.236. The van der Waals surface area contributed by atoms with Crippen molar-refractivity contribution in [3.8, 4) is 0 Å². The highest BCUT2D eigenvalue weighted by Crippen LogP contribution is 1.62. The quantitative estimate of drug-likeness (QED) is 0.358. The number of hydrogen-bond acceptors (Lipinski definition) is 2. The van der Waals surface area contributed by atoms with Gasteiger partial charge in [-0.15, -0.1) is 9.24 Å². The Balaban J connectivity index is -0.00000000667. The van der Waals surface area contributed by atoms with Crippen LogP contribution in [0.1, 0.15) is 7.43 Å². The zero-order valence-corrected chi connectivity index (χ0v) is 4.43. The summed E-state index contributed by atoms with van der Waals surface area (Å²) < 4.78 is 0. The van der Waals surface area contributed by atoms with Crippen LogP contribution in [-0.4, -0.2) is 13.9 Å². The van der Waals surface area contributed by atoms with Crippen LogP contribution in [0.4, 0.5) is 0 Å². The smallest absolute Gasteiger partial charge is 0.0709 e. The minimum absolute atomic E-state index is 0. The minimum Gasteiger partial charge on any atom is -0.344 e. The predicted octanol–water partition coefficient (Wildman–Crippen LogP) is 0.948. The molecule has 0 aromatic heterocycles. The molecule has 0 amide bonds. The molecule has 2 nitrogen and oxygen atoms in total. The van der Waals surface area contributed by atoms with E-state index in [4.69, 9.17) is 7.85 Å². The van der Waals surface area contributed by atoms with Gasteiger partial charge >= 0.3 is 0 Å². The van der Waals surface area contributed by atoms with Crippen LogP contribution >= 0.6 is 9.24 Å². The summed E-state index contributed by atoms with van der Waals surface area (Å²) >= 11 is 0. The summed E-state index contributed by atoms with van der Waals surface area (Å²) in [4.78, 5) is 0. The second-order valence-corrected chi connectivity index (χ2v) is 0.707. The molecule has 0 fully saturated rings. The van der Waals surface area contributed by atoms with E-state index in [1.54, 1.807) is 0 Å². The SMILES string of the molecule is C.N.N.[B]CP. The lowest BCUT2D eigenvalue weighted by Gasteiger charge is -1.47. The predicted molar refractivity (Wildman–Crippen MR) is 37.1 cm³/mol. The molecular weight excluding hydrogens is 93.8 g/mol. The monoisotopic (exact) mass is 108 g/mol. The maximum absolute atomic E-state index is 4.81. The zero-order chi connectivity index (χ0) is 2.71. The molecule has 0 saturated heterocycles. The first-order valence-corrected chi connectivity index (χ1v) is 1.63. The standard InChI is InChI=1S/CH4BP.CH4.2H3N/c2-1-3;;;/h1,3H2;1H4;2*1H3. The van der Waals surface area contributed by atoms with Crippen molar-refractivity contribution < 1.29 is 0 Å². The molecule has 0 aromatic carbocycles. The van der Waals surface area contributed by atoms with Crippen LogP contribution in [0.25, 0.3) is 0 Å². The van der Waals surface area contributed by atoms with E-state index in [0.29, 0.717) is 6.06 Å². The second kappa shape index (κ2) is 52.7. The van der Waals surface area contributed by atoms with E-state index in [-0.39, 0.29) is 19.7 Å². The molecule has 6 N–H and O–H groups in total. The molecule has 0 rings (SSSR count). The average molecular weight is 108 g/mol. The van der Waals surface area contributed by atoms with Crippen molar-refractivity contribution in [1.82, 2.24) is 12.3 Å². The molecule has 0 spiro atoms. The fourth-order valence-electron chi connectivity index (χ4n) is 0. The van der Waals surface area contributed by atoms with Crippen LogP contribution in [-0.2, 0) is 0 Å². The Morgan fingerprint density at radius 2 is 1.33 bits per heavy atom. The molecule has 4 heteroatoms. The van der Waals surface area contributed by atoms with Crippen LogP contribution < -0.4 is 12.3 Å². The van der Waals surface area contributed by atoms with Gasteiger partial charge in [-0.1, -0.05) is 13.5 Å². The third-order valence-corrected chi connectivity index (χ3v) is 0. The molecule has 0 aromatic rings. The lowest BCUT2D eigenvalue weighted by Crippen LogP contribution is -1.51.